The van der Waals surface area contributed by atoms with Gasteiger partial charge in [-0.1, -0.05) is 0 Å². The Balaban J connectivity index is 1.90. The van der Waals surface area contributed by atoms with Gasteiger partial charge in [0, 0.05) is 15.4 Å². The molecule has 0 amide bonds. The number of thiophene rings is 1. The molecule has 0 fully saturated rings. The van der Waals surface area contributed by atoms with Gasteiger partial charge in [-0.2, -0.15) is 15.0 Å². The van der Waals surface area contributed by atoms with Crippen molar-refractivity contribution in [2.24, 2.45) is 0 Å². The molecule has 0 bridgehead atoms. The highest BCUT2D eigenvalue weighted by Gasteiger charge is 2.08. The van der Waals surface area contributed by atoms with Gasteiger partial charge in [0.15, 0.2) is 0 Å². The number of anilines is 2. The lowest BCUT2D eigenvalue weighted by atomic mass is 10.1. The van der Waals surface area contributed by atoms with Crippen molar-refractivity contribution in [2.75, 3.05) is 11.1 Å². The van der Waals surface area contributed by atoms with Gasteiger partial charge in [-0.25, -0.2) is 0 Å². The molecule has 102 valence electrons. The van der Waals surface area contributed by atoms with E-state index in [-0.39, 0.29) is 12.0 Å². The third kappa shape index (κ3) is 4.14. The number of hydrogen-bond acceptors (Lipinski definition) is 6. The molecule has 0 aromatic carbocycles. The van der Waals surface area contributed by atoms with Gasteiger partial charge in [-0.15, -0.1) is 11.3 Å². The van der Waals surface area contributed by atoms with E-state index >= 15 is 0 Å². The second kappa shape index (κ2) is 6.29. The van der Waals surface area contributed by atoms with Gasteiger partial charge in [0.2, 0.25) is 11.9 Å². The van der Waals surface area contributed by atoms with Crippen LogP contribution in [-0.2, 0) is 6.42 Å². The van der Waals surface area contributed by atoms with E-state index in [9.17, 15) is 0 Å². The normalized spacial score (nSPS) is 12.4. The van der Waals surface area contributed by atoms with Crippen molar-refractivity contribution in [3.63, 3.8) is 0 Å². The van der Waals surface area contributed by atoms with Gasteiger partial charge < -0.3 is 11.1 Å². The van der Waals surface area contributed by atoms with E-state index in [1.165, 1.54) is 9.35 Å². The van der Waals surface area contributed by atoms with Crippen LogP contribution in [0.5, 0.6) is 0 Å². The minimum absolute atomic E-state index is 0.253. The molecule has 0 aliphatic heterocycles. The van der Waals surface area contributed by atoms with Crippen LogP contribution in [0.2, 0.25) is 0 Å². The molecule has 2 aromatic rings. The molecule has 0 radical (unpaired) electrons. The standard InChI is InChI=1S/C12H16BrN5S/c1-7(3-4-10-9(13)5-6-19-10)15-12-17-8(2)16-11(14)18-12/h5-7H,3-4H2,1-2H3,(H3,14,15,16,17,18). The molecule has 3 N–H and O–H groups in total. The van der Waals surface area contributed by atoms with Crippen LogP contribution >= 0.6 is 27.3 Å². The van der Waals surface area contributed by atoms with Crippen molar-refractivity contribution < 1.29 is 0 Å². The Labute approximate surface area is 124 Å². The van der Waals surface area contributed by atoms with Gasteiger partial charge in [-0.3, -0.25) is 0 Å². The summed E-state index contributed by atoms with van der Waals surface area (Å²) in [6, 6.07) is 2.35. The molecule has 1 unspecified atom stereocenters. The van der Waals surface area contributed by atoms with Gasteiger partial charge in [0.25, 0.3) is 0 Å². The highest BCUT2D eigenvalue weighted by molar-refractivity contribution is 9.10. The third-order valence-electron chi connectivity index (χ3n) is 2.64. The van der Waals surface area contributed by atoms with Crippen LogP contribution in [-0.4, -0.2) is 21.0 Å². The maximum atomic E-state index is 5.60. The Morgan fingerprint density at radius 2 is 2.21 bits per heavy atom. The molecule has 5 nitrogen and oxygen atoms in total. The van der Waals surface area contributed by atoms with E-state index in [2.05, 4.69) is 54.6 Å². The van der Waals surface area contributed by atoms with Crippen LogP contribution in [0.25, 0.3) is 0 Å². The Kier molecular flexibility index (Phi) is 4.71. The average molecular weight is 342 g/mol. The number of hydrogen-bond donors (Lipinski definition) is 2. The van der Waals surface area contributed by atoms with Gasteiger partial charge in [0.1, 0.15) is 5.82 Å². The number of nitrogens with zero attached hydrogens (tertiary/aromatic N) is 3. The van der Waals surface area contributed by atoms with Crippen LogP contribution in [0.4, 0.5) is 11.9 Å². The van der Waals surface area contributed by atoms with Crippen LogP contribution in [0.1, 0.15) is 24.0 Å². The van der Waals surface area contributed by atoms with Gasteiger partial charge in [-0.05, 0) is 54.1 Å². The van der Waals surface area contributed by atoms with Crippen LogP contribution < -0.4 is 11.1 Å². The van der Waals surface area contributed by atoms with Crippen molar-refractivity contribution in [1.82, 2.24) is 15.0 Å². The predicted octanol–water partition coefficient (Wildman–Crippen LogP) is 3.02. The van der Waals surface area contributed by atoms with Crippen molar-refractivity contribution >= 4 is 39.2 Å². The Bertz CT molecular complexity index is 537. The summed E-state index contributed by atoms with van der Waals surface area (Å²) in [4.78, 5) is 13.6. The Hall–Kier alpha value is -1.21. The van der Waals surface area contributed by atoms with Crippen molar-refractivity contribution in [3.8, 4) is 0 Å². The molecular formula is C12H16BrN5S. The number of halogens is 1. The van der Waals surface area contributed by atoms with Gasteiger partial charge >= 0.3 is 0 Å². The molecule has 0 aliphatic rings. The van der Waals surface area contributed by atoms with Crippen LogP contribution in [0.3, 0.4) is 0 Å². The molecule has 0 saturated heterocycles. The van der Waals surface area contributed by atoms with E-state index in [4.69, 9.17) is 5.73 Å². The summed E-state index contributed by atoms with van der Waals surface area (Å²) in [5, 5.41) is 5.34. The molecule has 2 aromatic heterocycles. The van der Waals surface area contributed by atoms with Gasteiger partial charge in [0.05, 0.1) is 0 Å². The highest BCUT2D eigenvalue weighted by atomic mass is 79.9. The number of nitrogens with one attached hydrogen (secondary N) is 1. The zero-order chi connectivity index (χ0) is 13.8. The molecule has 7 heteroatoms. The predicted molar refractivity (Wildman–Crippen MR) is 82.4 cm³/mol. The minimum atomic E-state index is 0.253. The number of nitrogen functional groups attached to an aromatic ring is 1. The molecule has 0 saturated carbocycles. The van der Waals surface area contributed by atoms with E-state index in [1.807, 2.05) is 0 Å². The first-order chi connectivity index (χ1) is 9.04. The summed E-state index contributed by atoms with van der Waals surface area (Å²) in [5.74, 6) is 1.43. The molecule has 0 aliphatic carbocycles. The fourth-order valence-corrected chi connectivity index (χ4v) is 3.28. The molecule has 2 heterocycles. The number of aryl methyl sites for hydroxylation is 2. The maximum Gasteiger partial charge on any atom is 0.227 e. The summed E-state index contributed by atoms with van der Waals surface area (Å²) in [6.45, 7) is 3.91. The van der Waals surface area contributed by atoms with Crippen molar-refractivity contribution in [3.05, 3.63) is 26.6 Å². The largest absolute Gasteiger partial charge is 0.368 e. The second-order valence-corrected chi connectivity index (χ2v) is 6.20. The molecular weight excluding hydrogens is 326 g/mol. The summed E-state index contributed by atoms with van der Waals surface area (Å²) >= 11 is 5.31. The second-order valence-electron chi connectivity index (χ2n) is 4.34. The van der Waals surface area contributed by atoms with Crippen molar-refractivity contribution in [2.45, 2.75) is 32.7 Å². The SMILES string of the molecule is Cc1nc(N)nc(NC(C)CCc2sccc2Br)n1. The van der Waals surface area contributed by atoms with Crippen LogP contribution in [0, 0.1) is 6.92 Å². The monoisotopic (exact) mass is 341 g/mol. The smallest absolute Gasteiger partial charge is 0.227 e. The molecule has 2 rings (SSSR count). The topological polar surface area (TPSA) is 76.7 Å². The third-order valence-corrected chi connectivity index (χ3v) is 4.62. The van der Waals surface area contributed by atoms with E-state index in [0.29, 0.717) is 11.8 Å². The fraction of sp³-hybridized carbons (Fsp3) is 0.417. The van der Waals surface area contributed by atoms with Crippen molar-refractivity contribution in [1.29, 1.82) is 0 Å². The first-order valence-corrected chi connectivity index (χ1v) is 7.68. The maximum absolute atomic E-state index is 5.60. The number of aromatic nitrogens is 3. The quantitative estimate of drug-likeness (QED) is 0.873. The van der Waals surface area contributed by atoms with E-state index in [0.717, 1.165) is 12.8 Å². The molecule has 1 atom stereocenters. The number of rotatable bonds is 5. The molecule has 19 heavy (non-hydrogen) atoms. The summed E-state index contributed by atoms with van der Waals surface area (Å²) in [7, 11) is 0. The first kappa shape index (κ1) is 14.2. The zero-order valence-electron chi connectivity index (χ0n) is 10.9. The van der Waals surface area contributed by atoms with E-state index < -0.39 is 0 Å². The zero-order valence-corrected chi connectivity index (χ0v) is 13.3. The summed E-state index contributed by atoms with van der Waals surface area (Å²) in [6.07, 6.45) is 2.02. The fourth-order valence-electron chi connectivity index (χ4n) is 1.71. The lowest BCUT2D eigenvalue weighted by Gasteiger charge is -2.13. The lowest BCUT2D eigenvalue weighted by Crippen LogP contribution is -2.19. The Morgan fingerprint density at radius 3 is 2.84 bits per heavy atom. The molecule has 0 spiro atoms. The lowest BCUT2D eigenvalue weighted by molar-refractivity contribution is 0.701. The van der Waals surface area contributed by atoms with E-state index in [1.54, 1.807) is 18.3 Å². The van der Waals surface area contributed by atoms with Crippen LogP contribution in [0.15, 0.2) is 15.9 Å². The summed E-state index contributed by atoms with van der Waals surface area (Å²) in [5.41, 5.74) is 5.60. The summed E-state index contributed by atoms with van der Waals surface area (Å²) < 4.78 is 1.19. The first-order valence-electron chi connectivity index (χ1n) is 6.01. The number of nitrogens with two attached hydrogens (primary N) is 1. The Morgan fingerprint density at radius 1 is 1.42 bits per heavy atom. The highest BCUT2D eigenvalue weighted by Crippen LogP contribution is 2.24. The minimum Gasteiger partial charge on any atom is -0.368 e. The average Bonchev–Trinajstić information content (AvgIpc) is 2.71.